The molecule has 3 aromatic carbocycles. The van der Waals surface area contributed by atoms with Gasteiger partial charge in [-0.25, -0.2) is 17.5 Å². The third kappa shape index (κ3) is 4.68. The molecule has 0 spiro atoms. The lowest BCUT2D eigenvalue weighted by atomic mass is 9.89. The maximum atomic E-state index is 13.7. The SMILES string of the molecule is CCCC1=C(c2ccccc2)[C@H](NS(=O)(=O)c2ccc(C)cc2)[C@@H](c2ccc(F)cc2)C1=O. The van der Waals surface area contributed by atoms with Crippen LogP contribution in [-0.2, 0) is 14.8 Å². The van der Waals surface area contributed by atoms with E-state index in [2.05, 4.69) is 4.72 Å². The number of benzene rings is 3. The van der Waals surface area contributed by atoms with Crippen LogP contribution in [0.4, 0.5) is 4.39 Å². The lowest BCUT2D eigenvalue weighted by molar-refractivity contribution is -0.116. The molecule has 0 fully saturated rings. The first-order valence-electron chi connectivity index (χ1n) is 11.0. The van der Waals surface area contributed by atoms with Crippen LogP contribution in [0.3, 0.4) is 0 Å². The number of sulfonamides is 1. The van der Waals surface area contributed by atoms with Crippen LogP contribution in [0.5, 0.6) is 0 Å². The zero-order valence-electron chi connectivity index (χ0n) is 18.6. The van der Waals surface area contributed by atoms with E-state index in [4.69, 9.17) is 0 Å². The monoisotopic (exact) mass is 463 g/mol. The van der Waals surface area contributed by atoms with E-state index in [1.165, 1.54) is 12.1 Å². The number of aryl methyl sites for hydroxylation is 1. The molecular weight excluding hydrogens is 437 g/mol. The second kappa shape index (κ2) is 9.41. The average Bonchev–Trinajstić information content (AvgIpc) is 3.06. The second-order valence-corrected chi connectivity index (χ2v) is 10.0. The van der Waals surface area contributed by atoms with Crippen molar-refractivity contribution in [2.24, 2.45) is 0 Å². The van der Waals surface area contributed by atoms with Gasteiger partial charge in [0.2, 0.25) is 10.0 Å². The maximum Gasteiger partial charge on any atom is 0.241 e. The van der Waals surface area contributed by atoms with Gasteiger partial charge in [-0.15, -0.1) is 0 Å². The highest BCUT2D eigenvalue weighted by Gasteiger charge is 2.44. The molecule has 33 heavy (non-hydrogen) atoms. The summed E-state index contributed by atoms with van der Waals surface area (Å²) < 4.78 is 43.2. The lowest BCUT2D eigenvalue weighted by Crippen LogP contribution is -2.39. The van der Waals surface area contributed by atoms with Crippen LogP contribution in [0.1, 0.15) is 42.4 Å². The minimum Gasteiger partial charge on any atom is -0.294 e. The molecule has 2 atom stereocenters. The Hall–Kier alpha value is -3.09. The first-order chi connectivity index (χ1) is 15.8. The van der Waals surface area contributed by atoms with Crippen LogP contribution < -0.4 is 4.72 Å². The summed E-state index contributed by atoms with van der Waals surface area (Å²) in [5, 5.41) is 0. The molecule has 0 heterocycles. The van der Waals surface area contributed by atoms with Crippen LogP contribution in [0.15, 0.2) is 89.3 Å². The molecule has 1 aliphatic carbocycles. The molecule has 4 rings (SSSR count). The van der Waals surface area contributed by atoms with Crippen LogP contribution in [0, 0.1) is 12.7 Å². The van der Waals surface area contributed by atoms with E-state index in [9.17, 15) is 17.6 Å². The van der Waals surface area contributed by atoms with Gasteiger partial charge in [0, 0.05) is 5.57 Å². The number of allylic oxidation sites excluding steroid dienone is 1. The van der Waals surface area contributed by atoms with Crippen molar-refractivity contribution in [2.45, 2.75) is 43.5 Å². The van der Waals surface area contributed by atoms with Gasteiger partial charge in [0.05, 0.1) is 16.9 Å². The Morgan fingerprint density at radius 3 is 2.15 bits per heavy atom. The van der Waals surface area contributed by atoms with E-state index >= 15 is 0 Å². The highest BCUT2D eigenvalue weighted by molar-refractivity contribution is 7.89. The molecule has 3 aromatic rings. The molecule has 0 amide bonds. The van der Waals surface area contributed by atoms with E-state index in [1.807, 2.05) is 44.2 Å². The summed E-state index contributed by atoms with van der Waals surface area (Å²) in [6.07, 6.45) is 1.27. The molecular formula is C27H26FNO3S. The number of rotatable bonds is 7. The Kier molecular flexibility index (Phi) is 6.58. The summed E-state index contributed by atoms with van der Waals surface area (Å²) in [7, 11) is -3.92. The standard InChI is InChI=1S/C27H26FNO3S/c1-3-7-23-24(19-8-5-4-6-9-19)26(25(27(23)30)20-12-14-21(28)15-13-20)29-33(31,32)22-16-10-18(2)11-17-22/h4-6,8-17,25-26,29H,3,7H2,1-2H3/t25-,26+/m1/s1. The molecule has 0 saturated heterocycles. The number of ketones is 1. The van der Waals surface area contributed by atoms with Gasteiger partial charge in [0.15, 0.2) is 5.78 Å². The van der Waals surface area contributed by atoms with E-state index in [-0.39, 0.29) is 10.7 Å². The fourth-order valence-corrected chi connectivity index (χ4v) is 5.62. The fraction of sp³-hybridized carbons (Fsp3) is 0.222. The fourth-order valence-electron chi connectivity index (χ4n) is 4.40. The molecule has 0 bridgehead atoms. The van der Waals surface area contributed by atoms with Crippen LogP contribution in [0.25, 0.3) is 5.57 Å². The van der Waals surface area contributed by atoms with E-state index < -0.39 is 27.8 Å². The van der Waals surface area contributed by atoms with Gasteiger partial charge in [-0.2, -0.15) is 0 Å². The number of carbonyl (C=O) groups is 1. The lowest BCUT2D eigenvalue weighted by Gasteiger charge is -2.24. The summed E-state index contributed by atoms with van der Waals surface area (Å²) >= 11 is 0. The van der Waals surface area contributed by atoms with E-state index in [0.717, 1.165) is 17.5 Å². The number of halogens is 1. The summed E-state index contributed by atoms with van der Waals surface area (Å²) in [6, 6.07) is 20.9. The molecule has 0 saturated carbocycles. The normalized spacial score (nSPS) is 18.7. The van der Waals surface area contributed by atoms with E-state index in [1.54, 1.807) is 36.4 Å². The minimum atomic E-state index is -3.92. The van der Waals surface area contributed by atoms with Crippen molar-refractivity contribution in [2.75, 3.05) is 0 Å². The first-order valence-corrected chi connectivity index (χ1v) is 12.5. The topological polar surface area (TPSA) is 63.2 Å². The third-order valence-electron chi connectivity index (χ3n) is 5.98. The predicted octanol–water partition coefficient (Wildman–Crippen LogP) is 5.40. The minimum absolute atomic E-state index is 0.126. The highest BCUT2D eigenvalue weighted by atomic mass is 32.2. The van der Waals surface area contributed by atoms with Gasteiger partial charge in [0.25, 0.3) is 0 Å². The van der Waals surface area contributed by atoms with Crippen molar-refractivity contribution in [1.29, 1.82) is 0 Å². The van der Waals surface area contributed by atoms with Crippen molar-refractivity contribution >= 4 is 21.4 Å². The van der Waals surface area contributed by atoms with Gasteiger partial charge in [0.1, 0.15) is 5.82 Å². The Morgan fingerprint density at radius 1 is 0.909 bits per heavy atom. The van der Waals surface area contributed by atoms with E-state index in [0.29, 0.717) is 23.1 Å². The van der Waals surface area contributed by atoms with Crippen molar-refractivity contribution in [3.05, 3.63) is 107 Å². The molecule has 4 nitrogen and oxygen atoms in total. The quantitative estimate of drug-likeness (QED) is 0.510. The summed E-state index contributed by atoms with van der Waals surface area (Å²) in [6.45, 7) is 3.87. The van der Waals surface area contributed by atoms with Gasteiger partial charge in [-0.3, -0.25) is 4.79 Å². The number of Topliss-reactive ketones (excluding diaryl/α,β-unsaturated/α-hetero) is 1. The summed E-state index contributed by atoms with van der Waals surface area (Å²) in [5.41, 5.74) is 3.64. The summed E-state index contributed by atoms with van der Waals surface area (Å²) in [5.74, 6) is -1.31. The zero-order chi connectivity index (χ0) is 23.6. The molecule has 0 unspecified atom stereocenters. The number of hydrogen-bond acceptors (Lipinski definition) is 3. The smallest absolute Gasteiger partial charge is 0.241 e. The van der Waals surface area contributed by atoms with Gasteiger partial charge in [-0.05, 0) is 54.3 Å². The molecule has 170 valence electrons. The van der Waals surface area contributed by atoms with Crippen molar-refractivity contribution in [3.8, 4) is 0 Å². The number of hydrogen-bond donors (Lipinski definition) is 1. The number of carbonyl (C=O) groups excluding carboxylic acids is 1. The number of nitrogens with one attached hydrogen (secondary N) is 1. The van der Waals surface area contributed by atoms with Crippen LogP contribution in [-0.4, -0.2) is 20.2 Å². The highest BCUT2D eigenvalue weighted by Crippen LogP contribution is 2.43. The molecule has 0 aliphatic heterocycles. The second-order valence-electron chi connectivity index (χ2n) is 8.31. The first kappa shape index (κ1) is 23.1. The van der Waals surface area contributed by atoms with Gasteiger partial charge in [-0.1, -0.05) is 73.5 Å². The maximum absolute atomic E-state index is 13.7. The van der Waals surface area contributed by atoms with Gasteiger partial charge >= 0.3 is 0 Å². The summed E-state index contributed by atoms with van der Waals surface area (Å²) in [4.78, 5) is 13.8. The predicted molar refractivity (Wildman–Crippen MR) is 128 cm³/mol. The Bertz CT molecular complexity index is 1280. The third-order valence-corrected chi connectivity index (χ3v) is 7.43. The average molecular weight is 464 g/mol. The molecule has 0 radical (unpaired) electrons. The Morgan fingerprint density at radius 2 is 1.55 bits per heavy atom. The van der Waals surface area contributed by atoms with Crippen LogP contribution in [0.2, 0.25) is 0 Å². The van der Waals surface area contributed by atoms with Crippen molar-refractivity contribution in [3.63, 3.8) is 0 Å². The molecule has 1 aliphatic rings. The van der Waals surface area contributed by atoms with Crippen LogP contribution >= 0.6 is 0 Å². The molecule has 6 heteroatoms. The van der Waals surface area contributed by atoms with Crippen molar-refractivity contribution in [1.82, 2.24) is 4.72 Å². The van der Waals surface area contributed by atoms with Crippen molar-refractivity contribution < 1.29 is 17.6 Å². The van der Waals surface area contributed by atoms with Gasteiger partial charge < -0.3 is 0 Å². The largest absolute Gasteiger partial charge is 0.294 e. The Labute approximate surface area is 194 Å². The zero-order valence-corrected chi connectivity index (χ0v) is 19.4. The Balaban J connectivity index is 1.86. The molecule has 1 N–H and O–H groups in total. The molecule has 0 aromatic heterocycles.